The smallest absolute Gasteiger partial charge is 0.191 e. The highest BCUT2D eigenvalue weighted by Crippen LogP contribution is 2.27. The number of aliphatic imine (C=N–C) groups is 1. The fourth-order valence-corrected chi connectivity index (χ4v) is 4.08. The number of likely N-dealkylation sites (N-methyl/N-ethyl adjacent to an activating group) is 1. The van der Waals surface area contributed by atoms with Crippen LogP contribution in [0.2, 0.25) is 5.02 Å². The molecule has 0 fully saturated rings. The van der Waals surface area contributed by atoms with Crippen molar-refractivity contribution in [3.8, 4) is 0 Å². The minimum Gasteiger partial charge on any atom is -0.383 e. The van der Waals surface area contributed by atoms with Crippen LogP contribution in [-0.4, -0.2) is 61.0 Å². The van der Waals surface area contributed by atoms with Gasteiger partial charge in [0.2, 0.25) is 0 Å². The van der Waals surface area contributed by atoms with Crippen molar-refractivity contribution in [3.63, 3.8) is 0 Å². The number of halogens is 1. The Bertz CT molecular complexity index is 847. The van der Waals surface area contributed by atoms with Crippen LogP contribution in [0.15, 0.2) is 29.3 Å². The third-order valence-electron chi connectivity index (χ3n) is 5.67. The summed E-state index contributed by atoms with van der Waals surface area (Å²) in [5.41, 5.74) is 4.48. The Morgan fingerprint density at radius 3 is 2.55 bits per heavy atom. The Morgan fingerprint density at radius 1 is 1.23 bits per heavy atom. The van der Waals surface area contributed by atoms with Crippen LogP contribution in [0.3, 0.4) is 0 Å². The second-order valence-electron chi connectivity index (χ2n) is 7.43. The van der Waals surface area contributed by atoms with E-state index in [-0.39, 0.29) is 6.04 Å². The number of ether oxygens (including phenoxy) is 1. The second-order valence-corrected chi connectivity index (χ2v) is 7.84. The predicted molar refractivity (Wildman–Crippen MR) is 129 cm³/mol. The summed E-state index contributed by atoms with van der Waals surface area (Å²) in [5, 5.41) is 12.3. The first kappa shape index (κ1) is 25.2. The van der Waals surface area contributed by atoms with Gasteiger partial charge in [-0.05, 0) is 38.6 Å². The Labute approximate surface area is 191 Å². The van der Waals surface area contributed by atoms with Gasteiger partial charge in [0.05, 0.1) is 24.9 Å². The third-order valence-corrected chi connectivity index (χ3v) is 6.02. The fourth-order valence-electron chi connectivity index (χ4n) is 3.82. The highest BCUT2D eigenvalue weighted by atomic mass is 35.5. The maximum Gasteiger partial charge on any atom is 0.191 e. The number of aromatic nitrogens is 2. The number of hydrogen-bond donors (Lipinski definition) is 2. The van der Waals surface area contributed by atoms with Gasteiger partial charge < -0.3 is 15.4 Å². The second kappa shape index (κ2) is 12.7. The van der Waals surface area contributed by atoms with Gasteiger partial charge in [0, 0.05) is 43.5 Å². The third kappa shape index (κ3) is 6.69. The molecule has 31 heavy (non-hydrogen) atoms. The van der Waals surface area contributed by atoms with Crippen LogP contribution >= 0.6 is 11.6 Å². The molecular formula is C23H37ClN6O. The van der Waals surface area contributed by atoms with Gasteiger partial charge in [-0.3, -0.25) is 14.6 Å². The van der Waals surface area contributed by atoms with Crippen molar-refractivity contribution in [2.24, 2.45) is 4.99 Å². The Balaban J connectivity index is 2.07. The van der Waals surface area contributed by atoms with Crippen LogP contribution in [0, 0.1) is 13.8 Å². The van der Waals surface area contributed by atoms with E-state index in [1.807, 2.05) is 29.8 Å². The summed E-state index contributed by atoms with van der Waals surface area (Å²) in [6.07, 6.45) is 0. The number of hydrogen-bond acceptors (Lipinski definition) is 4. The summed E-state index contributed by atoms with van der Waals surface area (Å²) in [4.78, 5) is 6.81. The summed E-state index contributed by atoms with van der Waals surface area (Å²) in [6.45, 7) is 13.1. The van der Waals surface area contributed by atoms with E-state index < -0.39 is 0 Å². The molecule has 0 aliphatic carbocycles. The predicted octanol–water partition coefficient (Wildman–Crippen LogP) is 3.55. The first-order valence-electron chi connectivity index (χ1n) is 10.9. The van der Waals surface area contributed by atoms with E-state index >= 15 is 0 Å². The Kier molecular flexibility index (Phi) is 10.3. The largest absolute Gasteiger partial charge is 0.383 e. The summed E-state index contributed by atoms with van der Waals surface area (Å²) < 4.78 is 7.18. The van der Waals surface area contributed by atoms with Crippen molar-refractivity contribution in [1.82, 2.24) is 25.3 Å². The molecule has 0 radical (unpaired) electrons. The highest BCUT2D eigenvalue weighted by Gasteiger charge is 2.21. The van der Waals surface area contributed by atoms with Crippen molar-refractivity contribution in [2.45, 2.75) is 46.8 Å². The van der Waals surface area contributed by atoms with Crippen LogP contribution in [0.1, 0.15) is 42.4 Å². The molecule has 8 heteroatoms. The lowest BCUT2D eigenvalue weighted by molar-refractivity contribution is 0.182. The highest BCUT2D eigenvalue weighted by molar-refractivity contribution is 6.31. The monoisotopic (exact) mass is 448 g/mol. The number of guanidine groups is 1. The lowest BCUT2D eigenvalue weighted by Gasteiger charge is -2.31. The molecule has 1 unspecified atom stereocenters. The van der Waals surface area contributed by atoms with E-state index in [4.69, 9.17) is 16.3 Å². The van der Waals surface area contributed by atoms with Crippen molar-refractivity contribution >= 4 is 17.6 Å². The topological polar surface area (TPSA) is 66.7 Å². The molecule has 1 aromatic heterocycles. The number of rotatable bonds is 11. The quantitative estimate of drug-likeness (QED) is 0.406. The van der Waals surface area contributed by atoms with Crippen LogP contribution in [0.5, 0.6) is 0 Å². The molecule has 0 spiro atoms. The average Bonchev–Trinajstić information content (AvgIpc) is 3.04. The first-order chi connectivity index (χ1) is 15.0. The molecule has 7 nitrogen and oxygen atoms in total. The molecule has 0 aliphatic heterocycles. The van der Waals surface area contributed by atoms with Crippen molar-refractivity contribution < 1.29 is 4.74 Å². The van der Waals surface area contributed by atoms with Crippen molar-refractivity contribution in [1.29, 1.82) is 0 Å². The molecule has 0 saturated heterocycles. The molecule has 0 bridgehead atoms. The minimum absolute atomic E-state index is 0.155. The molecule has 1 heterocycles. The zero-order valence-electron chi connectivity index (χ0n) is 19.7. The summed E-state index contributed by atoms with van der Waals surface area (Å²) in [7, 11) is 3.50. The van der Waals surface area contributed by atoms with Crippen LogP contribution in [0.4, 0.5) is 0 Å². The molecule has 1 atom stereocenters. The summed E-state index contributed by atoms with van der Waals surface area (Å²) in [5.74, 6) is 0.757. The summed E-state index contributed by atoms with van der Waals surface area (Å²) >= 11 is 6.52. The van der Waals surface area contributed by atoms with E-state index in [0.29, 0.717) is 19.7 Å². The molecule has 1 aromatic carbocycles. The standard InChI is InChI=1S/C23H37ClN6O/c1-7-29(8-2)22(19-11-9-10-12-21(19)24)16-27-23(25-5)26-15-20-17(3)28-30(18(20)4)13-14-31-6/h9-12,22H,7-8,13-16H2,1-6H3,(H2,25,26,27). The van der Waals surface area contributed by atoms with Gasteiger partial charge in [0.15, 0.2) is 5.96 Å². The number of nitrogens with one attached hydrogen (secondary N) is 2. The molecular weight excluding hydrogens is 412 g/mol. The van der Waals surface area contributed by atoms with Gasteiger partial charge >= 0.3 is 0 Å². The lowest BCUT2D eigenvalue weighted by atomic mass is 10.0. The SMILES string of the molecule is CCN(CC)C(CNC(=NC)NCc1c(C)nn(CCOC)c1C)c1ccccc1Cl. The van der Waals surface area contributed by atoms with Gasteiger partial charge in [-0.15, -0.1) is 0 Å². The van der Waals surface area contributed by atoms with Crippen LogP contribution in [0.25, 0.3) is 0 Å². The van der Waals surface area contributed by atoms with Gasteiger partial charge in [-0.2, -0.15) is 5.10 Å². The van der Waals surface area contributed by atoms with Crippen LogP contribution in [-0.2, 0) is 17.8 Å². The fraction of sp³-hybridized carbons (Fsp3) is 0.565. The number of aryl methyl sites for hydroxylation is 1. The van der Waals surface area contributed by atoms with Gasteiger partial charge in [0.1, 0.15) is 0 Å². The minimum atomic E-state index is 0.155. The van der Waals surface area contributed by atoms with Gasteiger partial charge in [-0.25, -0.2) is 0 Å². The van der Waals surface area contributed by atoms with E-state index in [2.05, 4.69) is 52.5 Å². The molecule has 0 aliphatic rings. The van der Waals surface area contributed by atoms with E-state index in [9.17, 15) is 0 Å². The molecule has 2 rings (SSSR count). The molecule has 2 aromatic rings. The van der Waals surface area contributed by atoms with E-state index in [0.717, 1.165) is 47.6 Å². The van der Waals surface area contributed by atoms with E-state index in [1.54, 1.807) is 14.2 Å². The number of methoxy groups -OCH3 is 1. The van der Waals surface area contributed by atoms with Gasteiger partial charge in [-0.1, -0.05) is 43.6 Å². The zero-order valence-corrected chi connectivity index (χ0v) is 20.5. The average molecular weight is 449 g/mol. The molecule has 0 amide bonds. The number of benzene rings is 1. The van der Waals surface area contributed by atoms with E-state index in [1.165, 1.54) is 5.56 Å². The summed E-state index contributed by atoms with van der Waals surface area (Å²) in [6, 6.07) is 8.22. The molecule has 2 N–H and O–H groups in total. The van der Waals surface area contributed by atoms with Crippen molar-refractivity contribution in [3.05, 3.63) is 51.8 Å². The number of nitrogens with zero attached hydrogens (tertiary/aromatic N) is 4. The Hall–Kier alpha value is -2.09. The zero-order chi connectivity index (χ0) is 22.8. The normalized spacial score (nSPS) is 13.0. The van der Waals surface area contributed by atoms with Crippen molar-refractivity contribution in [2.75, 3.05) is 40.4 Å². The first-order valence-corrected chi connectivity index (χ1v) is 11.3. The maximum atomic E-state index is 6.52. The van der Waals surface area contributed by atoms with Crippen LogP contribution < -0.4 is 10.6 Å². The lowest BCUT2D eigenvalue weighted by Crippen LogP contribution is -2.43. The molecule has 172 valence electrons. The maximum absolute atomic E-state index is 6.52. The van der Waals surface area contributed by atoms with Gasteiger partial charge in [0.25, 0.3) is 0 Å². The molecule has 0 saturated carbocycles. The Morgan fingerprint density at radius 2 is 1.94 bits per heavy atom.